The molecule has 0 atom stereocenters. The van der Waals surface area contributed by atoms with Gasteiger partial charge in [-0.05, 0) is 35.9 Å². The van der Waals surface area contributed by atoms with Crippen molar-refractivity contribution in [1.29, 1.82) is 0 Å². The van der Waals surface area contributed by atoms with Crippen LogP contribution < -0.4 is 4.90 Å². The van der Waals surface area contributed by atoms with E-state index in [4.69, 9.17) is 12.2 Å². The highest BCUT2D eigenvalue weighted by Gasteiger charge is 2.33. The van der Waals surface area contributed by atoms with Crippen molar-refractivity contribution in [2.24, 2.45) is 0 Å². The first-order chi connectivity index (χ1) is 10.1. The number of anilines is 1. The maximum absolute atomic E-state index is 13.2. The number of thiocarbonyl (C=S) groups is 1. The van der Waals surface area contributed by atoms with Gasteiger partial charge in [-0.1, -0.05) is 36.1 Å². The van der Waals surface area contributed by atoms with Crippen molar-refractivity contribution >= 4 is 46.0 Å². The molecule has 1 aromatic heterocycles. The zero-order valence-electron chi connectivity index (χ0n) is 10.7. The Hall–Kier alpha value is -2.05. The molecule has 2 heterocycles. The van der Waals surface area contributed by atoms with Crippen LogP contribution in [-0.2, 0) is 4.79 Å². The van der Waals surface area contributed by atoms with E-state index in [1.807, 2.05) is 0 Å². The van der Waals surface area contributed by atoms with Crippen molar-refractivity contribution < 1.29 is 9.18 Å². The second-order valence-electron chi connectivity index (χ2n) is 4.28. The van der Waals surface area contributed by atoms with Gasteiger partial charge in [-0.15, -0.1) is 0 Å². The molecule has 0 spiro atoms. The highest BCUT2D eigenvalue weighted by Crippen LogP contribution is 2.35. The normalized spacial score (nSPS) is 16.8. The van der Waals surface area contributed by atoms with Crippen LogP contribution in [-0.4, -0.2) is 15.2 Å². The summed E-state index contributed by atoms with van der Waals surface area (Å²) in [7, 11) is 0. The molecule has 1 fully saturated rings. The Kier molecular flexibility index (Phi) is 3.81. The maximum Gasteiger partial charge on any atom is 0.270 e. The quantitative estimate of drug-likeness (QED) is 0.626. The van der Waals surface area contributed by atoms with Crippen LogP contribution in [0.2, 0.25) is 0 Å². The van der Waals surface area contributed by atoms with Gasteiger partial charge >= 0.3 is 0 Å². The summed E-state index contributed by atoms with van der Waals surface area (Å²) in [4.78, 5) is 18.3. The van der Waals surface area contributed by atoms with E-state index >= 15 is 0 Å². The lowest BCUT2D eigenvalue weighted by atomic mass is 10.2. The second-order valence-corrected chi connectivity index (χ2v) is 5.96. The maximum atomic E-state index is 13.2. The zero-order chi connectivity index (χ0) is 14.8. The molecule has 2 aromatic rings. The standard InChI is InChI=1S/C15H9FN2OS2/c16-11-4-1-3-10(7-11)8-13-14(19)18(15(20)21-13)12-5-2-6-17-9-12/h1-9H/b13-8-. The highest BCUT2D eigenvalue weighted by molar-refractivity contribution is 8.27. The van der Waals surface area contributed by atoms with Crippen molar-refractivity contribution in [3.05, 3.63) is 65.1 Å². The number of amides is 1. The van der Waals surface area contributed by atoms with Crippen molar-refractivity contribution in [1.82, 2.24) is 4.98 Å². The van der Waals surface area contributed by atoms with E-state index in [-0.39, 0.29) is 11.7 Å². The third-order valence-corrected chi connectivity index (χ3v) is 4.15. The van der Waals surface area contributed by atoms with E-state index < -0.39 is 0 Å². The lowest BCUT2D eigenvalue weighted by molar-refractivity contribution is -0.113. The molecule has 0 radical (unpaired) electrons. The number of thioether (sulfide) groups is 1. The number of benzene rings is 1. The van der Waals surface area contributed by atoms with Crippen molar-refractivity contribution in [2.45, 2.75) is 0 Å². The summed E-state index contributed by atoms with van der Waals surface area (Å²) in [5.41, 5.74) is 1.25. The van der Waals surface area contributed by atoms with Gasteiger partial charge < -0.3 is 0 Å². The minimum Gasteiger partial charge on any atom is -0.268 e. The number of halogens is 1. The molecule has 21 heavy (non-hydrogen) atoms. The number of hydrogen-bond donors (Lipinski definition) is 0. The van der Waals surface area contributed by atoms with Crippen LogP contribution in [0.5, 0.6) is 0 Å². The fourth-order valence-corrected chi connectivity index (χ4v) is 3.22. The molecule has 0 bridgehead atoms. The number of aromatic nitrogens is 1. The summed E-state index contributed by atoms with van der Waals surface area (Å²) in [6.07, 6.45) is 4.85. The summed E-state index contributed by atoms with van der Waals surface area (Å²) in [6, 6.07) is 9.57. The van der Waals surface area contributed by atoms with Gasteiger partial charge in [0.2, 0.25) is 0 Å². The smallest absolute Gasteiger partial charge is 0.268 e. The number of pyridine rings is 1. The Morgan fingerprint density at radius 1 is 1.29 bits per heavy atom. The number of rotatable bonds is 2. The first-order valence-corrected chi connectivity index (χ1v) is 7.31. The predicted octanol–water partition coefficient (Wildman–Crippen LogP) is 3.63. The van der Waals surface area contributed by atoms with Crippen LogP contribution in [0, 0.1) is 5.82 Å². The van der Waals surface area contributed by atoms with E-state index in [9.17, 15) is 9.18 Å². The first-order valence-electron chi connectivity index (χ1n) is 6.09. The Morgan fingerprint density at radius 2 is 2.14 bits per heavy atom. The molecule has 3 rings (SSSR count). The molecule has 0 aliphatic carbocycles. The molecule has 3 nitrogen and oxygen atoms in total. The molecule has 0 unspecified atom stereocenters. The third kappa shape index (κ3) is 2.86. The lowest BCUT2D eigenvalue weighted by Crippen LogP contribution is -2.27. The number of carbonyl (C=O) groups is 1. The molecule has 0 N–H and O–H groups in total. The van der Waals surface area contributed by atoms with Gasteiger partial charge in [0.05, 0.1) is 16.8 Å². The van der Waals surface area contributed by atoms with Crippen LogP contribution >= 0.6 is 24.0 Å². The van der Waals surface area contributed by atoms with Crippen LogP contribution in [0.4, 0.5) is 10.1 Å². The van der Waals surface area contributed by atoms with Crippen molar-refractivity contribution in [3.8, 4) is 0 Å². The van der Waals surface area contributed by atoms with Crippen molar-refractivity contribution in [3.63, 3.8) is 0 Å². The van der Waals surface area contributed by atoms with Gasteiger partial charge in [0.1, 0.15) is 5.82 Å². The summed E-state index contributed by atoms with van der Waals surface area (Å²) in [6.45, 7) is 0. The Labute approximate surface area is 130 Å². The Balaban J connectivity index is 1.94. The number of nitrogens with zero attached hydrogens (tertiary/aromatic N) is 2. The molecule has 1 aliphatic rings. The summed E-state index contributed by atoms with van der Waals surface area (Å²) >= 11 is 6.44. The Morgan fingerprint density at radius 3 is 2.86 bits per heavy atom. The van der Waals surface area contributed by atoms with Gasteiger partial charge in [0, 0.05) is 6.20 Å². The molecule has 1 aliphatic heterocycles. The molecule has 0 saturated carbocycles. The number of carbonyl (C=O) groups excluding carboxylic acids is 1. The minimum atomic E-state index is -0.341. The van der Waals surface area contributed by atoms with Gasteiger partial charge in [-0.2, -0.15) is 0 Å². The lowest BCUT2D eigenvalue weighted by Gasteiger charge is -2.13. The summed E-state index contributed by atoms with van der Waals surface area (Å²) in [5, 5.41) is 0. The SMILES string of the molecule is O=C1/C(=C/c2cccc(F)c2)SC(=S)N1c1cccnc1. The molecule has 1 aromatic carbocycles. The average Bonchev–Trinajstić information content (AvgIpc) is 2.74. The molecule has 6 heteroatoms. The van der Waals surface area contributed by atoms with Crippen LogP contribution in [0.25, 0.3) is 6.08 Å². The molecule has 104 valence electrons. The molecule has 1 saturated heterocycles. The van der Waals surface area contributed by atoms with Gasteiger partial charge in [-0.3, -0.25) is 14.7 Å². The average molecular weight is 316 g/mol. The predicted molar refractivity (Wildman–Crippen MR) is 86.3 cm³/mol. The summed E-state index contributed by atoms with van der Waals surface area (Å²) < 4.78 is 13.6. The molecule has 1 amide bonds. The van der Waals surface area contributed by atoms with E-state index in [1.165, 1.54) is 28.8 Å². The van der Waals surface area contributed by atoms with Crippen molar-refractivity contribution in [2.75, 3.05) is 4.90 Å². The monoisotopic (exact) mass is 316 g/mol. The second kappa shape index (κ2) is 5.75. The van der Waals surface area contributed by atoms with Crippen LogP contribution in [0.1, 0.15) is 5.56 Å². The first kappa shape index (κ1) is 13.9. The largest absolute Gasteiger partial charge is 0.270 e. The fourth-order valence-electron chi connectivity index (χ4n) is 1.92. The van der Waals surface area contributed by atoms with Gasteiger partial charge in [0.15, 0.2) is 4.32 Å². The number of hydrogen-bond acceptors (Lipinski definition) is 4. The van der Waals surface area contributed by atoms with Gasteiger partial charge in [0.25, 0.3) is 5.91 Å². The van der Waals surface area contributed by atoms with E-state index in [0.717, 1.165) is 0 Å². The third-order valence-electron chi connectivity index (χ3n) is 2.84. The molecular weight excluding hydrogens is 307 g/mol. The topological polar surface area (TPSA) is 33.2 Å². The van der Waals surface area contributed by atoms with E-state index in [0.29, 0.717) is 20.5 Å². The zero-order valence-corrected chi connectivity index (χ0v) is 12.3. The fraction of sp³-hybridized carbons (Fsp3) is 0. The van der Waals surface area contributed by atoms with Crippen LogP contribution in [0.3, 0.4) is 0 Å². The molecular formula is C15H9FN2OS2. The van der Waals surface area contributed by atoms with E-state index in [2.05, 4.69) is 4.98 Å². The van der Waals surface area contributed by atoms with E-state index in [1.54, 1.807) is 42.7 Å². The van der Waals surface area contributed by atoms with Crippen LogP contribution in [0.15, 0.2) is 53.7 Å². The Bertz CT molecular complexity index is 746. The highest BCUT2D eigenvalue weighted by atomic mass is 32.2. The summed E-state index contributed by atoms with van der Waals surface area (Å²) in [5.74, 6) is -0.561. The van der Waals surface area contributed by atoms with Gasteiger partial charge in [-0.25, -0.2) is 4.39 Å². The minimum absolute atomic E-state index is 0.220.